The average molecular weight is 296 g/mol. The third kappa shape index (κ3) is 5.41. The van der Waals surface area contributed by atoms with Gasteiger partial charge in [0.2, 0.25) is 0 Å². The lowest BCUT2D eigenvalue weighted by atomic mass is 10.1. The first-order valence-electron chi connectivity index (χ1n) is 6.85. The van der Waals surface area contributed by atoms with Crippen LogP contribution in [0, 0.1) is 11.7 Å². The van der Waals surface area contributed by atoms with Crippen LogP contribution in [0.25, 0.3) is 0 Å². The summed E-state index contributed by atoms with van der Waals surface area (Å²) in [5, 5.41) is 2.69. The molecule has 1 atom stereocenters. The van der Waals surface area contributed by atoms with Crippen molar-refractivity contribution in [1.82, 2.24) is 5.32 Å². The van der Waals surface area contributed by atoms with Crippen molar-refractivity contribution in [1.29, 1.82) is 0 Å². The van der Waals surface area contributed by atoms with Crippen LogP contribution in [0.5, 0.6) is 0 Å². The zero-order chi connectivity index (χ0) is 16.0. The number of amides is 1. The van der Waals surface area contributed by atoms with Crippen molar-refractivity contribution in [2.45, 2.75) is 33.3 Å². The standard InChI is InChI=1S/C15H21FN2O3/c1-9(2)6-7-18-14(19)10(3)21-15(20)11-4-5-12(16)13(17)8-11/h4-5,8-10H,6-7,17H2,1-3H3,(H,18,19). The number of nitrogens with one attached hydrogen (secondary N) is 1. The Kier molecular flexibility index (Phi) is 6.14. The highest BCUT2D eigenvalue weighted by Crippen LogP contribution is 2.13. The Hall–Kier alpha value is -2.11. The molecule has 6 heteroatoms. The molecule has 0 saturated carbocycles. The fraction of sp³-hybridized carbons (Fsp3) is 0.467. The first-order valence-corrected chi connectivity index (χ1v) is 6.85. The van der Waals surface area contributed by atoms with Gasteiger partial charge in [-0.2, -0.15) is 0 Å². The summed E-state index contributed by atoms with van der Waals surface area (Å²) in [6, 6.07) is 3.53. The molecule has 0 aliphatic carbocycles. The van der Waals surface area contributed by atoms with Gasteiger partial charge in [0.15, 0.2) is 6.10 Å². The number of carbonyl (C=O) groups excluding carboxylic acids is 2. The third-order valence-electron chi connectivity index (χ3n) is 2.91. The summed E-state index contributed by atoms with van der Waals surface area (Å²) in [4.78, 5) is 23.6. The van der Waals surface area contributed by atoms with E-state index in [1.165, 1.54) is 19.1 Å². The fourth-order valence-corrected chi connectivity index (χ4v) is 1.58. The molecule has 3 N–H and O–H groups in total. The number of hydrogen-bond donors (Lipinski definition) is 2. The van der Waals surface area contributed by atoms with Crippen LogP contribution in [-0.2, 0) is 9.53 Å². The van der Waals surface area contributed by atoms with Crippen LogP contribution in [0.2, 0.25) is 0 Å². The summed E-state index contributed by atoms with van der Waals surface area (Å²) in [5.41, 5.74) is 5.35. The number of hydrogen-bond acceptors (Lipinski definition) is 4. The molecule has 21 heavy (non-hydrogen) atoms. The minimum Gasteiger partial charge on any atom is -0.449 e. The van der Waals surface area contributed by atoms with Crippen LogP contribution in [0.4, 0.5) is 10.1 Å². The first kappa shape index (κ1) is 16.9. The smallest absolute Gasteiger partial charge is 0.338 e. The molecule has 1 rings (SSSR count). The number of carbonyl (C=O) groups is 2. The molecule has 0 heterocycles. The van der Waals surface area contributed by atoms with Gasteiger partial charge in [-0.05, 0) is 37.5 Å². The Labute approximate surface area is 123 Å². The van der Waals surface area contributed by atoms with Gasteiger partial charge in [-0.15, -0.1) is 0 Å². The zero-order valence-electron chi connectivity index (χ0n) is 12.5. The third-order valence-corrected chi connectivity index (χ3v) is 2.91. The van der Waals surface area contributed by atoms with E-state index in [-0.39, 0.29) is 17.2 Å². The van der Waals surface area contributed by atoms with E-state index < -0.39 is 17.9 Å². The van der Waals surface area contributed by atoms with Crippen LogP contribution >= 0.6 is 0 Å². The van der Waals surface area contributed by atoms with E-state index in [0.717, 1.165) is 12.5 Å². The molecular formula is C15H21FN2O3. The summed E-state index contributed by atoms with van der Waals surface area (Å²) >= 11 is 0. The molecule has 0 radical (unpaired) electrons. The van der Waals surface area contributed by atoms with Crippen molar-refractivity contribution in [2.75, 3.05) is 12.3 Å². The second-order valence-electron chi connectivity index (χ2n) is 5.26. The number of rotatable bonds is 6. The summed E-state index contributed by atoms with van der Waals surface area (Å²) in [6.45, 7) is 6.11. The van der Waals surface area contributed by atoms with E-state index in [2.05, 4.69) is 19.2 Å². The lowest BCUT2D eigenvalue weighted by molar-refractivity contribution is -0.129. The molecule has 0 bridgehead atoms. The number of nitrogen functional groups attached to an aromatic ring is 1. The van der Waals surface area contributed by atoms with Gasteiger partial charge in [-0.1, -0.05) is 13.8 Å². The predicted molar refractivity (Wildman–Crippen MR) is 78.2 cm³/mol. The van der Waals surface area contributed by atoms with Gasteiger partial charge >= 0.3 is 5.97 Å². The number of anilines is 1. The molecule has 0 fully saturated rings. The normalized spacial score (nSPS) is 12.0. The molecule has 1 aromatic carbocycles. The van der Waals surface area contributed by atoms with Crippen molar-refractivity contribution in [2.24, 2.45) is 5.92 Å². The van der Waals surface area contributed by atoms with Gasteiger partial charge in [0.25, 0.3) is 5.91 Å². The largest absolute Gasteiger partial charge is 0.449 e. The van der Waals surface area contributed by atoms with Gasteiger partial charge in [0.05, 0.1) is 11.3 Å². The molecule has 0 aliphatic rings. The quantitative estimate of drug-likeness (QED) is 0.622. The van der Waals surface area contributed by atoms with Crippen molar-refractivity contribution >= 4 is 17.6 Å². The first-order chi connectivity index (χ1) is 9.81. The fourth-order valence-electron chi connectivity index (χ4n) is 1.58. The SMILES string of the molecule is CC(C)CCNC(=O)C(C)OC(=O)c1ccc(F)c(N)c1. The van der Waals surface area contributed by atoms with E-state index in [1.54, 1.807) is 0 Å². The minimum absolute atomic E-state index is 0.107. The van der Waals surface area contributed by atoms with E-state index in [4.69, 9.17) is 10.5 Å². The molecular weight excluding hydrogens is 275 g/mol. The molecule has 1 unspecified atom stereocenters. The lowest BCUT2D eigenvalue weighted by Crippen LogP contribution is -2.36. The summed E-state index contributed by atoms with van der Waals surface area (Å²) in [7, 11) is 0. The summed E-state index contributed by atoms with van der Waals surface area (Å²) in [6.07, 6.45) is -0.0723. The highest BCUT2D eigenvalue weighted by Gasteiger charge is 2.19. The highest BCUT2D eigenvalue weighted by atomic mass is 19.1. The van der Waals surface area contributed by atoms with Gasteiger partial charge in [-0.3, -0.25) is 4.79 Å². The minimum atomic E-state index is -0.920. The molecule has 1 amide bonds. The average Bonchev–Trinajstić information content (AvgIpc) is 2.41. The van der Waals surface area contributed by atoms with Gasteiger partial charge in [-0.25, -0.2) is 9.18 Å². The molecule has 1 aromatic rings. The van der Waals surface area contributed by atoms with Crippen molar-refractivity contribution < 1.29 is 18.7 Å². The van der Waals surface area contributed by atoms with E-state index in [0.29, 0.717) is 12.5 Å². The monoisotopic (exact) mass is 296 g/mol. The van der Waals surface area contributed by atoms with Gasteiger partial charge in [0.1, 0.15) is 5.82 Å². The van der Waals surface area contributed by atoms with E-state index in [9.17, 15) is 14.0 Å². The van der Waals surface area contributed by atoms with Gasteiger partial charge in [0, 0.05) is 6.54 Å². The maximum atomic E-state index is 13.0. The van der Waals surface area contributed by atoms with Gasteiger partial charge < -0.3 is 15.8 Å². The van der Waals surface area contributed by atoms with Crippen LogP contribution in [0.1, 0.15) is 37.6 Å². The molecule has 0 spiro atoms. The lowest BCUT2D eigenvalue weighted by Gasteiger charge is -2.14. The van der Waals surface area contributed by atoms with Crippen LogP contribution in [0.3, 0.4) is 0 Å². The van der Waals surface area contributed by atoms with Crippen LogP contribution in [0.15, 0.2) is 18.2 Å². The van der Waals surface area contributed by atoms with Crippen molar-refractivity contribution in [3.05, 3.63) is 29.6 Å². The Balaban J connectivity index is 2.53. The number of esters is 1. The zero-order valence-corrected chi connectivity index (χ0v) is 12.5. The molecule has 0 saturated heterocycles. The maximum Gasteiger partial charge on any atom is 0.338 e. The Morgan fingerprint density at radius 3 is 2.57 bits per heavy atom. The highest BCUT2D eigenvalue weighted by molar-refractivity contribution is 5.93. The number of ether oxygens (including phenoxy) is 1. The molecule has 5 nitrogen and oxygen atoms in total. The maximum absolute atomic E-state index is 13.0. The molecule has 0 aromatic heterocycles. The van der Waals surface area contributed by atoms with Crippen molar-refractivity contribution in [3.8, 4) is 0 Å². The molecule has 0 aliphatic heterocycles. The van der Waals surface area contributed by atoms with E-state index in [1.807, 2.05) is 0 Å². The Morgan fingerprint density at radius 2 is 2.00 bits per heavy atom. The predicted octanol–water partition coefficient (Wildman–Crippen LogP) is 2.12. The summed E-state index contributed by atoms with van der Waals surface area (Å²) < 4.78 is 18.0. The van der Waals surface area contributed by atoms with E-state index >= 15 is 0 Å². The number of nitrogens with two attached hydrogens (primary N) is 1. The van der Waals surface area contributed by atoms with Crippen LogP contribution in [-0.4, -0.2) is 24.5 Å². The number of benzene rings is 1. The molecule has 116 valence electrons. The van der Waals surface area contributed by atoms with Crippen molar-refractivity contribution in [3.63, 3.8) is 0 Å². The summed E-state index contributed by atoms with van der Waals surface area (Å²) in [5.74, 6) is -1.20. The van der Waals surface area contributed by atoms with Crippen LogP contribution < -0.4 is 11.1 Å². The Bertz CT molecular complexity index is 518. The second-order valence-corrected chi connectivity index (χ2v) is 5.26. The topological polar surface area (TPSA) is 81.4 Å². The number of halogens is 1. The Morgan fingerprint density at radius 1 is 1.33 bits per heavy atom. The second kappa shape index (κ2) is 7.61.